The van der Waals surface area contributed by atoms with Crippen molar-refractivity contribution in [3.05, 3.63) is 133 Å². The van der Waals surface area contributed by atoms with Crippen LogP contribution >= 0.6 is 0 Å². The van der Waals surface area contributed by atoms with E-state index in [1.165, 1.54) is 0 Å². The fourth-order valence-electron chi connectivity index (χ4n) is 4.88. The Morgan fingerprint density at radius 2 is 1.32 bits per heavy atom. The van der Waals surface area contributed by atoms with Crippen molar-refractivity contribution in [1.29, 1.82) is 0 Å². The SMILES string of the molecule is C=C[C@H](CCC#CC1COC(C)(C)OC1)[C@H](C=C)OC(c1ccccc1)(c1ccccc1)c1ccccc1. The lowest BCUT2D eigenvalue weighted by molar-refractivity contribution is -0.254. The van der Waals surface area contributed by atoms with Gasteiger partial charge in [0.15, 0.2) is 5.79 Å². The fourth-order valence-corrected chi connectivity index (χ4v) is 4.88. The van der Waals surface area contributed by atoms with E-state index in [1.54, 1.807) is 0 Å². The van der Waals surface area contributed by atoms with Crippen LogP contribution in [0.15, 0.2) is 116 Å². The molecule has 2 atom stereocenters. The fraction of sp³-hybridized carbons (Fsp3) is 0.314. The van der Waals surface area contributed by atoms with Gasteiger partial charge in [0.1, 0.15) is 5.60 Å². The molecule has 38 heavy (non-hydrogen) atoms. The van der Waals surface area contributed by atoms with E-state index < -0.39 is 11.4 Å². The highest BCUT2D eigenvalue weighted by Crippen LogP contribution is 2.42. The van der Waals surface area contributed by atoms with Gasteiger partial charge in [0, 0.05) is 12.3 Å². The van der Waals surface area contributed by atoms with E-state index in [1.807, 2.05) is 44.2 Å². The smallest absolute Gasteiger partial charge is 0.162 e. The van der Waals surface area contributed by atoms with Crippen molar-refractivity contribution < 1.29 is 14.2 Å². The third kappa shape index (κ3) is 6.52. The minimum Gasteiger partial charge on any atom is -0.353 e. The van der Waals surface area contributed by atoms with Gasteiger partial charge in [-0.1, -0.05) is 109 Å². The first-order valence-electron chi connectivity index (χ1n) is 13.3. The molecule has 0 spiro atoms. The molecule has 1 fully saturated rings. The minimum atomic E-state index is -0.820. The number of hydrogen-bond donors (Lipinski definition) is 0. The molecule has 3 heteroatoms. The number of benzene rings is 3. The second-order valence-electron chi connectivity index (χ2n) is 10.1. The van der Waals surface area contributed by atoms with Gasteiger partial charge in [-0.2, -0.15) is 0 Å². The lowest BCUT2D eigenvalue weighted by Crippen LogP contribution is -2.38. The molecule has 196 valence electrons. The van der Waals surface area contributed by atoms with E-state index in [0.717, 1.165) is 29.5 Å². The number of rotatable bonds is 10. The summed E-state index contributed by atoms with van der Waals surface area (Å²) in [4.78, 5) is 0. The van der Waals surface area contributed by atoms with E-state index in [9.17, 15) is 0 Å². The molecular formula is C35H38O3. The van der Waals surface area contributed by atoms with Crippen LogP contribution in [0.5, 0.6) is 0 Å². The summed E-state index contributed by atoms with van der Waals surface area (Å²) in [6.45, 7) is 13.4. The molecule has 0 aliphatic carbocycles. The zero-order chi connectivity index (χ0) is 26.8. The van der Waals surface area contributed by atoms with Crippen molar-refractivity contribution in [2.75, 3.05) is 13.2 Å². The van der Waals surface area contributed by atoms with E-state index in [-0.39, 0.29) is 17.9 Å². The van der Waals surface area contributed by atoms with Crippen LogP contribution in [0.4, 0.5) is 0 Å². The number of ether oxygens (including phenoxy) is 3. The first kappa shape index (κ1) is 27.6. The van der Waals surface area contributed by atoms with Gasteiger partial charge in [-0.15, -0.1) is 19.1 Å². The van der Waals surface area contributed by atoms with Crippen molar-refractivity contribution in [1.82, 2.24) is 0 Å². The Balaban J connectivity index is 1.61. The van der Waals surface area contributed by atoms with E-state index in [0.29, 0.717) is 13.2 Å². The molecule has 0 amide bonds. The Bertz CT molecular complexity index is 1120. The van der Waals surface area contributed by atoms with Gasteiger partial charge in [0.05, 0.1) is 25.2 Å². The van der Waals surface area contributed by atoms with Crippen molar-refractivity contribution in [3.63, 3.8) is 0 Å². The Hall–Kier alpha value is -3.42. The molecule has 3 nitrogen and oxygen atoms in total. The predicted molar refractivity (Wildman–Crippen MR) is 154 cm³/mol. The van der Waals surface area contributed by atoms with Gasteiger partial charge in [-0.25, -0.2) is 0 Å². The maximum Gasteiger partial charge on any atom is 0.162 e. The highest BCUT2D eigenvalue weighted by molar-refractivity contribution is 5.47. The van der Waals surface area contributed by atoms with Gasteiger partial charge in [0.25, 0.3) is 0 Å². The Morgan fingerprint density at radius 3 is 1.74 bits per heavy atom. The summed E-state index contributed by atoms with van der Waals surface area (Å²) in [5.74, 6) is 6.27. The van der Waals surface area contributed by atoms with Gasteiger partial charge in [0.2, 0.25) is 0 Å². The molecule has 0 radical (unpaired) electrons. The van der Waals surface area contributed by atoms with Crippen molar-refractivity contribution >= 4 is 0 Å². The summed E-state index contributed by atoms with van der Waals surface area (Å²) in [5, 5.41) is 0. The van der Waals surface area contributed by atoms with Crippen LogP contribution in [0, 0.1) is 23.7 Å². The molecule has 0 aromatic heterocycles. The normalized spacial score (nSPS) is 17.0. The van der Waals surface area contributed by atoms with E-state index in [4.69, 9.17) is 14.2 Å². The van der Waals surface area contributed by atoms with Crippen LogP contribution in [0.2, 0.25) is 0 Å². The summed E-state index contributed by atoms with van der Waals surface area (Å²) in [6.07, 6.45) is 5.11. The molecule has 1 saturated heterocycles. The van der Waals surface area contributed by atoms with Crippen LogP contribution < -0.4 is 0 Å². The summed E-state index contributed by atoms with van der Waals surface area (Å²) < 4.78 is 18.7. The summed E-state index contributed by atoms with van der Waals surface area (Å²) in [6, 6.07) is 31.2. The second-order valence-corrected chi connectivity index (χ2v) is 10.1. The molecule has 4 rings (SSSR count). The van der Waals surface area contributed by atoms with Crippen LogP contribution in [0.3, 0.4) is 0 Å². The third-order valence-corrected chi connectivity index (χ3v) is 6.98. The lowest BCUT2D eigenvalue weighted by atomic mass is 9.79. The van der Waals surface area contributed by atoms with Crippen LogP contribution in [0.1, 0.15) is 43.4 Å². The molecule has 1 aliphatic rings. The Kier molecular flexibility index (Phi) is 9.37. The minimum absolute atomic E-state index is 0.0371. The van der Waals surface area contributed by atoms with Crippen LogP contribution in [-0.4, -0.2) is 25.1 Å². The third-order valence-electron chi connectivity index (χ3n) is 6.98. The average Bonchev–Trinajstić information content (AvgIpc) is 2.96. The quantitative estimate of drug-likeness (QED) is 0.162. The van der Waals surface area contributed by atoms with Crippen molar-refractivity contribution in [3.8, 4) is 11.8 Å². The predicted octanol–water partition coefficient (Wildman–Crippen LogP) is 7.53. The number of hydrogen-bond acceptors (Lipinski definition) is 3. The highest BCUT2D eigenvalue weighted by Gasteiger charge is 2.40. The summed E-state index contributed by atoms with van der Waals surface area (Å²) in [5.41, 5.74) is 2.37. The summed E-state index contributed by atoms with van der Waals surface area (Å²) in [7, 11) is 0. The first-order valence-corrected chi connectivity index (χ1v) is 13.3. The van der Waals surface area contributed by atoms with Crippen molar-refractivity contribution in [2.45, 2.75) is 44.2 Å². The van der Waals surface area contributed by atoms with E-state index in [2.05, 4.69) is 97.8 Å². The van der Waals surface area contributed by atoms with Crippen LogP contribution in [-0.2, 0) is 19.8 Å². The Labute approximate surface area is 228 Å². The summed E-state index contributed by atoms with van der Waals surface area (Å²) >= 11 is 0. The average molecular weight is 507 g/mol. The molecule has 3 aromatic carbocycles. The zero-order valence-electron chi connectivity index (χ0n) is 22.5. The highest BCUT2D eigenvalue weighted by atomic mass is 16.7. The standard InChI is InChI=1S/C35H38O3/c1-5-29(19-17-16-18-28-26-36-34(3,4)37-27-28)33(6-2)38-35(30-20-10-7-11-21-30,31-22-12-8-13-23-31)32-24-14-9-15-25-32/h5-15,20-25,28-29,33H,1-2,17,19,26-27H2,3-4H3/t29-,33+/m1/s1. The molecule has 0 N–H and O–H groups in total. The van der Waals surface area contributed by atoms with Crippen molar-refractivity contribution in [2.24, 2.45) is 11.8 Å². The van der Waals surface area contributed by atoms with E-state index >= 15 is 0 Å². The van der Waals surface area contributed by atoms with Crippen LogP contribution in [0.25, 0.3) is 0 Å². The molecule has 1 heterocycles. The largest absolute Gasteiger partial charge is 0.353 e. The van der Waals surface area contributed by atoms with Gasteiger partial charge in [-0.05, 0) is 37.0 Å². The monoisotopic (exact) mass is 506 g/mol. The zero-order valence-corrected chi connectivity index (χ0v) is 22.5. The molecule has 0 unspecified atom stereocenters. The van der Waals surface area contributed by atoms with Gasteiger partial charge < -0.3 is 14.2 Å². The molecule has 0 saturated carbocycles. The van der Waals surface area contributed by atoms with Gasteiger partial charge in [-0.3, -0.25) is 0 Å². The topological polar surface area (TPSA) is 27.7 Å². The lowest BCUT2D eigenvalue weighted by Gasteiger charge is -2.40. The second kappa shape index (κ2) is 12.9. The Morgan fingerprint density at radius 1 is 0.842 bits per heavy atom. The molecular weight excluding hydrogens is 468 g/mol. The first-order chi connectivity index (χ1) is 18.5. The maximum atomic E-state index is 7.19. The molecule has 3 aromatic rings. The maximum absolute atomic E-state index is 7.19. The molecule has 0 bridgehead atoms. The molecule has 1 aliphatic heterocycles. The van der Waals surface area contributed by atoms with Gasteiger partial charge >= 0.3 is 0 Å².